The largest absolute Gasteiger partial charge is 0.423 e. The molecule has 0 aliphatic carbocycles. The van der Waals surface area contributed by atoms with E-state index < -0.39 is 23.6 Å². The average molecular weight is 488 g/mol. The summed E-state index contributed by atoms with van der Waals surface area (Å²) in [4.78, 5) is 35.9. The number of hydrazone groups is 1. The number of hydrogen-bond donors (Lipinski definition) is 2. The van der Waals surface area contributed by atoms with Crippen LogP contribution in [-0.4, -0.2) is 30.5 Å². The van der Waals surface area contributed by atoms with E-state index in [2.05, 4.69) is 15.8 Å². The van der Waals surface area contributed by atoms with Crippen LogP contribution in [-0.2, 0) is 4.79 Å². The van der Waals surface area contributed by atoms with Crippen molar-refractivity contribution in [1.29, 1.82) is 0 Å². The third-order valence-electron chi connectivity index (χ3n) is 4.18. The van der Waals surface area contributed by atoms with Crippen LogP contribution in [0.2, 0.25) is 10.0 Å². The zero-order chi connectivity index (χ0) is 23.8. The lowest BCUT2D eigenvalue weighted by atomic mass is 10.2. The molecule has 2 N–H and O–H groups in total. The Bertz CT molecular complexity index is 1220. The first-order valence-corrected chi connectivity index (χ1v) is 10.2. The summed E-state index contributed by atoms with van der Waals surface area (Å²) in [7, 11) is 0. The van der Waals surface area contributed by atoms with Gasteiger partial charge >= 0.3 is 5.97 Å². The molecule has 0 spiro atoms. The van der Waals surface area contributed by atoms with Crippen LogP contribution in [0.4, 0.5) is 4.39 Å². The molecule has 0 bridgehead atoms. The molecule has 0 aliphatic heterocycles. The molecule has 3 aromatic carbocycles. The van der Waals surface area contributed by atoms with Gasteiger partial charge in [0, 0.05) is 5.56 Å². The summed E-state index contributed by atoms with van der Waals surface area (Å²) in [6.07, 6.45) is 1.36. The van der Waals surface area contributed by atoms with Crippen molar-refractivity contribution in [2.45, 2.75) is 0 Å². The van der Waals surface area contributed by atoms with Gasteiger partial charge in [0.1, 0.15) is 11.6 Å². The highest BCUT2D eigenvalue weighted by Gasteiger charge is 2.13. The molecule has 2 amide bonds. The lowest BCUT2D eigenvalue weighted by Gasteiger charge is -2.06. The Morgan fingerprint density at radius 3 is 2.39 bits per heavy atom. The quantitative estimate of drug-likeness (QED) is 0.225. The van der Waals surface area contributed by atoms with E-state index in [0.717, 1.165) is 0 Å². The third-order valence-corrected chi connectivity index (χ3v) is 4.92. The van der Waals surface area contributed by atoms with Crippen LogP contribution < -0.4 is 15.5 Å². The van der Waals surface area contributed by atoms with Crippen LogP contribution in [0.3, 0.4) is 0 Å². The van der Waals surface area contributed by atoms with Crippen LogP contribution in [0.25, 0.3) is 0 Å². The molecule has 0 unspecified atom stereocenters. The van der Waals surface area contributed by atoms with Gasteiger partial charge in [-0.2, -0.15) is 5.10 Å². The van der Waals surface area contributed by atoms with Gasteiger partial charge < -0.3 is 10.1 Å². The van der Waals surface area contributed by atoms with E-state index in [1.807, 2.05) is 0 Å². The van der Waals surface area contributed by atoms with E-state index in [1.54, 1.807) is 12.1 Å². The number of rotatable bonds is 7. The van der Waals surface area contributed by atoms with E-state index in [1.165, 1.54) is 60.8 Å². The first-order chi connectivity index (χ1) is 15.8. The molecule has 168 valence electrons. The highest BCUT2D eigenvalue weighted by atomic mass is 35.5. The number of esters is 1. The van der Waals surface area contributed by atoms with Crippen molar-refractivity contribution < 1.29 is 23.5 Å². The molecule has 0 aromatic heterocycles. The van der Waals surface area contributed by atoms with Gasteiger partial charge in [-0.15, -0.1) is 0 Å². The van der Waals surface area contributed by atoms with Gasteiger partial charge in [0.2, 0.25) is 0 Å². The predicted octanol–water partition coefficient (Wildman–Crippen LogP) is 4.23. The fourth-order valence-electron chi connectivity index (χ4n) is 2.53. The number of halogens is 3. The minimum Gasteiger partial charge on any atom is -0.423 e. The lowest BCUT2D eigenvalue weighted by molar-refractivity contribution is -0.120. The van der Waals surface area contributed by atoms with Gasteiger partial charge in [-0.25, -0.2) is 14.6 Å². The van der Waals surface area contributed by atoms with Crippen molar-refractivity contribution >= 4 is 47.2 Å². The Morgan fingerprint density at radius 1 is 0.970 bits per heavy atom. The Hall–Kier alpha value is -3.75. The molecule has 0 aliphatic rings. The van der Waals surface area contributed by atoms with E-state index >= 15 is 0 Å². The van der Waals surface area contributed by atoms with Crippen molar-refractivity contribution in [3.8, 4) is 5.75 Å². The van der Waals surface area contributed by atoms with E-state index in [4.69, 9.17) is 27.9 Å². The maximum absolute atomic E-state index is 13.6. The van der Waals surface area contributed by atoms with Crippen LogP contribution in [0.5, 0.6) is 5.75 Å². The smallest absolute Gasteiger partial charge is 0.346 e. The molecule has 33 heavy (non-hydrogen) atoms. The van der Waals surface area contributed by atoms with Crippen LogP contribution in [0, 0.1) is 5.82 Å². The van der Waals surface area contributed by atoms with Crippen LogP contribution in [0.15, 0.2) is 71.8 Å². The second kappa shape index (κ2) is 11.2. The number of amides is 2. The first kappa shape index (κ1) is 23.9. The van der Waals surface area contributed by atoms with Crippen molar-refractivity contribution in [3.63, 3.8) is 0 Å². The second-order valence-corrected chi connectivity index (χ2v) is 7.36. The molecule has 0 saturated carbocycles. The number of hydrogen-bond acceptors (Lipinski definition) is 5. The highest BCUT2D eigenvalue weighted by Crippen LogP contribution is 2.22. The van der Waals surface area contributed by atoms with Crippen molar-refractivity contribution in [1.82, 2.24) is 10.7 Å². The minimum absolute atomic E-state index is 0.169. The molecule has 7 nitrogen and oxygen atoms in total. The molecular formula is C23H16Cl2FN3O4. The zero-order valence-electron chi connectivity index (χ0n) is 16.8. The summed E-state index contributed by atoms with van der Waals surface area (Å²) in [5, 5.41) is 6.78. The predicted molar refractivity (Wildman–Crippen MR) is 122 cm³/mol. The average Bonchev–Trinajstić information content (AvgIpc) is 2.80. The fraction of sp³-hybridized carbons (Fsp3) is 0.0435. The number of benzene rings is 3. The van der Waals surface area contributed by atoms with E-state index in [0.29, 0.717) is 10.6 Å². The Morgan fingerprint density at radius 2 is 1.70 bits per heavy atom. The van der Waals surface area contributed by atoms with Gasteiger partial charge in [0.25, 0.3) is 11.8 Å². The summed E-state index contributed by atoms with van der Waals surface area (Å²) in [6, 6.07) is 16.0. The molecule has 0 saturated heterocycles. The third kappa shape index (κ3) is 6.86. The van der Waals surface area contributed by atoms with Gasteiger partial charge in [0.05, 0.1) is 28.4 Å². The Labute approximate surface area is 198 Å². The van der Waals surface area contributed by atoms with Crippen LogP contribution >= 0.6 is 23.2 Å². The number of nitrogens with zero attached hydrogens (tertiary/aromatic N) is 1. The number of nitrogens with one attached hydrogen (secondary N) is 2. The molecule has 0 atom stereocenters. The van der Waals surface area contributed by atoms with Crippen molar-refractivity contribution in [2.75, 3.05) is 6.54 Å². The van der Waals surface area contributed by atoms with Crippen molar-refractivity contribution in [2.24, 2.45) is 5.10 Å². The monoisotopic (exact) mass is 487 g/mol. The van der Waals surface area contributed by atoms with Gasteiger partial charge in [-0.05, 0) is 60.2 Å². The summed E-state index contributed by atoms with van der Waals surface area (Å²) >= 11 is 11.7. The standard InChI is InChI=1S/C23H16Cl2FN3O4/c24-18-10-7-15(11-19(18)25)22(31)27-13-21(30)29-28-12-14-5-8-16(9-6-14)33-23(32)17-3-1-2-4-20(17)26/h1-12H,13H2,(H,27,31)(H,29,30)/b28-12+. The lowest BCUT2D eigenvalue weighted by Crippen LogP contribution is -2.34. The molecule has 10 heteroatoms. The number of carbonyl (C=O) groups is 3. The summed E-state index contributed by atoms with van der Waals surface area (Å²) in [5.74, 6) is -2.31. The molecule has 3 aromatic rings. The fourth-order valence-corrected chi connectivity index (χ4v) is 2.83. The second-order valence-electron chi connectivity index (χ2n) is 6.54. The number of ether oxygens (including phenoxy) is 1. The Kier molecular flexibility index (Phi) is 8.12. The number of carbonyl (C=O) groups excluding carboxylic acids is 3. The van der Waals surface area contributed by atoms with Gasteiger partial charge in [0.15, 0.2) is 0 Å². The van der Waals surface area contributed by atoms with Gasteiger partial charge in [-0.3, -0.25) is 9.59 Å². The first-order valence-electron chi connectivity index (χ1n) is 9.45. The molecule has 3 rings (SSSR count). The normalized spacial score (nSPS) is 10.6. The van der Waals surface area contributed by atoms with E-state index in [9.17, 15) is 18.8 Å². The summed E-state index contributed by atoms with van der Waals surface area (Å²) in [6.45, 7) is -0.304. The topological polar surface area (TPSA) is 96.9 Å². The SMILES string of the molecule is O=C(CNC(=O)c1ccc(Cl)c(Cl)c1)N/N=C/c1ccc(OC(=O)c2ccccc2F)cc1. The minimum atomic E-state index is -0.815. The highest BCUT2D eigenvalue weighted by molar-refractivity contribution is 6.42. The summed E-state index contributed by atoms with van der Waals surface area (Å²) < 4.78 is 18.8. The maximum atomic E-state index is 13.6. The van der Waals surface area contributed by atoms with Crippen molar-refractivity contribution in [3.05, 3.63) is 99.3 Å². The molecular weight excluding hydrogens is 472 g/mol. The summed E-state index contributed by atoms with van der Waals surface area (Å²) in [5.41, 5.74) is 2.96. The molecule has 0 heterocycles. The van der Waals surface area contributed by atoms with E-state index in [-0.39, 0.29) is 28.4 Å². The molecule has 0 fully saturated rings. The Balaban J connectivity index is 1.46. The maximum Gasteiger partial charge on any atom is 0.346 e. The zero-order valence-corrected chi connectivity index (χ0v) is 18.4. The van der Waals surface area contributed by atoms with Crippen LogP contribution in [0.1, 0.15) is 26.3 Å². The molecule has 0 radical (unpaired) electrons. The van der Waals surface area contributed by atoms with Gasteiger partial charge in [-0.1, -0.05) is 35.3 Å².